The molecule has 4 heterocycles. The number of urea groups is 1. The molecule has 0 spiro atoms. The van der Waals surface area contributed by atoms with Crippen LogP contribution in [0.2, 0.25) is 10.0 Å². The van der Waals surface area contributed by atoms with Crippen molar-refractivity contribution in [1.82, 2.24) is 35.4 Å². The molecule has 158 valence electrons. The molecule has 31 heavy (non-hydrogen) atoms. The van der Waals surface area contributed by atoms with Gasteiger partial charge in [0.15, 0.2) is 5.82 Å². The second-order valence-electron chi connectivity index (χ2n) is 7.07. The number of benzene rings is 1. The molecule has 0 saturated heterocycles. The molecular weight excluding hydrogens is 441 g/mol. The lowest BCUT2D eigenvalue weighted by atomic mass is 10.2. The summed E-state index contributed by atoms with van der Waals surface area (Å²) < 4.78 is 5.92. The Kier molecular flexibility index (Phi) is 4.91. The molecule has 4 aromatic rings. The van der Waals surface area contributed by atoms with Gasteiger partial charge in [0.05, 0.1) is 40.0 Å². The standard InChI is InChI=1S/C20H17Cl2N7O2/c1-23-20(30)29-7-16-17(8-29)26-19(25-16)18-11-4-10(2-3-15(11)27-28-18)31-9-12-13(21)5-24-6-14(12)22/h2-6H,7-9H2,1H3,(H,23,30)(H,25,26)(H,27,28). The zero-order valence-electron chi connectivity index (χ0n) is 16.4. The minimum Gasteiger partial charge on any atom is -0.489 e. The summed E-state index contributed by atoms with van der Waals surface area (Å²) in [6.45, 7) is 1.14. The maximum atomic E-state index is 11.8. The number of halogens is 2. The lowest BCUT2D eigenvalue weighted by molar-refractivity contribution is 0.200. The number of hydrogen-bond donors (Lipinski definition) is 3. The van der Waals surface area contributed by atoms with Gasteiger partial charge >= 0.3 is 6.03 Å². The van der Waals surface area contributed by atoms with Gasteiger partial charge in [-0.2, -0.15) is 5.10 Å². The molecule has 9 nitrogen and oxygen atoms in total. The average Bonchev–Trinajstić information content (AvgIpc) is 3.45. The number of pyridine rings is 1. The van der Waals surface area contributed by atoms with Gasteiger partial charge in [-0.15, -0.1) is 0 Å². The topological polar surface area (TPSA) is 112 Å². The molecule has 2 amide bonds. The Labute approximate surface area is 186 Å². The van der Waals surface area contributed by atoms with Crippen LogP contribution in [0.5, 0.6) is 5.75 Å². The van der Waals surface area contributed by atoms with Gasteiger partial charge in [0.2, 0.25) is 0 Å². The molecule has 0 aliphatic carbocycles. The third-order valence-corrected chi connectivity index (χ3v) is 5.80. The smallest absolute Gasteiger partial charge is 0.317 e. The number of carbonyl (C=O) groups is 1. The van der Waals surface area contributed by atoms with E-state index in [1.807, 2.05) is 18.2 Å². The minimum absolute atomic E-state index is 0.130. The molecule has 3 N–H and O–H groups in total. The number of ether oxygens (including phenoxy) is 1. The molecule has 0 unspecified atom stereocenters. The van der Waals surface area contributed by atoms with Crippen molar-refractivity contribution in [3.8, 4) is 17.3 Å². The number of imidazole rings is 1. The number of aromatic nitrogens is 5. The lowest BCUT2D eigenvalue weighted by Gasteiger charge is -2.13. The third-order valence-electron chi connectivity index (χ3n) is 5.15. The van der Waals surface area contributed by atoms with E-state index >= 15 is 0 Å². The Morgan fingerprint density at radius 1 is 1.26 bits per heavy atom. The molecule has 1 aliphatic heterocycles. The predicted octanol–water partition coefficient (Wildman–Crippen LogP) is 3.89. The fourth-order valence-electron chi connectivity index (χ4n) is 3.54. The van der Waals surface area contributed by atoms with Crippen molar-refractivity contribution in [2.75, 3.05) is 7.05 Å². The Bertz CT molecular complexity index is 1260. The van der Waals surface area contributed by atoms with Gasteiger partial charge in [-0.25, -0.2) is 9.78 Å². The van der Waals surface area contributed by atoms with Gasteiger partial charge < -0.3 is 19.9 Å². The zero-order valence-corrected chi connectivity index (χ0v) is 17.9. The molecule has 11 heteroatoms. The summed E-state index contributed by atoms with van der Waals surface area (Å²) in [6, 6.07) is 5.49. The quantitative estimate of drug-likeness (QED) is 0.430. The highest BCUT2D eigenvalue weighted by Gasteiger charge is 2.27. The highest BCUT2D eigenvalue weighted by molar-refractivity contribution is 6.35. The van der Waals surface area contributed by atoms with Gasteiger partial charge in [0.1, 0.15) is 18.1 Å². The van der Waals surface area contributed by atoms with Crippen molar-refractivity contribution < 1.29 is 9.53 Å². The molecule has 0 radical (unpaired) electrons. The predicted molar refractivity (Wildman–Crippen MR) is 116 cm³/mol. The van der Waals surface area contributed by atoms with E-state index in [4.69, 9.17) is 27.9 Å². The first-order valence-electron chi connectivity index (χ1n) is 9.47. The van der Waals surface area contributed by atoms with Gasteiger partial charge in [-0.1, -0.05) is 23.2 Å². The van der Waals surface area contributed by atoms with Crippen LogP contribution in [0.1, 0.15) is 17.0 Å². The normalized spacial score (nSPS) is 12.9. The first-order chi connectivity index (χ1) is 15.0. The number of H-pyrrole nitrogens is 2. The summed E-state index contributed by atoms with van der Waals surface area (Å²) >= 11 is 12.3. The van der Waals surface area contributed by atoms with E-state index in [1.165, 1.54) is 12.4 Å². The largest absolute Gasteiger partial charge is 0.489 e. The summed E-state index contributed by atoms with van der Waals surface area (Å²) in [5, 5.41) is 11.8. The molecule has 3 aromatic heterocycles. The number of rotatable bonds is 4. The van der Waals surface area contributed by atoms with Gasteiger partial charge in [-0.3, -0.25) is 10.1 Å². The number of nitrogens with zero attached hydrogens (tertiary/aromatic N) is 4. The number of nitrogens with one attached hydrogen (secondary N) is 3. The summed E-state index contributed by atoms with van der Waals surface area (Å²) in [7, 11) is 1.61. The Hall–Kier alpha value is -3.30. The van der Waals surface area contributed by atoms with Crippen LogP contribution in [-0.4, -0.2) is 43.1 Å². The molecule has 0 saturated carbocycles. The van der Waals surface area contributed by atoms with E-state index in [2.05, 4.69) is 30.5 Å². The highest BCUT2D eigenvalue weighted by Crippen LogP contribution is 2.31. The summed E-state index contributed by atoms with van der Waals surface area (Å²) in [5.74, 6) is 1.29. The first kappa shape index (κ1) is 19.7. The minimum atomic E-state index is -0.130. The zero-order chi connectivity index (χ0) is 21.5. The highest BCUT2D eigenvalue weighted by atomic mass is 35.5. The summed E-state index contributed by atoms with van der Waals surface area (Å²) in [4.78, 5) is 25.4. The van der Waals surface area contributed by atoms with Crippen molar-refractivity contribution in [2.45, 2.75) is 19.7 Å². The van der Waals surface area contributed by atoms with Crippen LogP contribution < -0.4 is 10.1 Å². The molecular formula is C20H17Cl2N7O2. The van der Waals surface area contributed by atoms with E-state index in [-0.39, 0.29) is 12.6 Å². The van der Waals surface area contributed by atoms with Gasteiger partial charge in [-0.05, 0) is 18.2 Å². The summed E-state index contributed by atoms with van der Waals surface area (Å²) in [5.41, 5.74) is 3.95. The van der Waals surface area contributed by atoms with E-state index in [9.17, 15) is 4.79 Å². The molecule has 0 fully saturated rings. The second-order valence-corrected chi connectivity index (χ2v) is 7.89. The Morgan fingerprint density at radius 2 is 2.06 bits per heavy atom. The van der Waals surface area contributed by atoms with Crippen LogP contribution in [0.15, 0.2) is 30.6 Å². The van der Waals surface area contributed by atoms with Crippen LogP contribution in [0.4, 0.5) is 4.79 Å². The number of aromatic amines is 2. The molecule has 0 atom stereocenters. The number of carbonyl (C=O) groups excluding carboxylic acids is 1. The monoisotopic (exact) mass is 457 g/mol. The van der Waals surface area contributed by atoms with Crippen molar-refractivity contribution in [3.05, 3.63) is 57.6 Å². The van der Waals surface area contributed by atoms with Crippen molar-refractivity contribution in [1.29, 1.82) is 0 Å². The van der Waals surface area contributed by atoms with Crippen molar-refractivity contribution in [2.24, 2.45) is 0 Å². The molecule has 0 bridgehead atoms. The SMILES string of the molecule is CNC(=O)N1Cc2nc(-c3n[nH]c4ccc(OCc5c(Cl)cncc5Cl)cc34)[nH]c2C1. The van der Waals surface area contributed by atoms with Crippen molar-refractivity contribution >= 4 is 40.1 Å². The molecule has 1 aliphatic rings. The third kappa shape index (κ3) is 3.55. The fraction of sp³-hybridized carbons (Fsp3) is 0.200. The first-order valence-corrected chi connectivity index (χ1v) is 10.2. The molecule has 5 rings (SSSR count). The van der Waals surface area contributed by atoms with Crippen LogP contribution in [0.25, 0.3) is 22.4 Å². The van der Waals surface area contributed by atoms with Crippen LogP contribution >= 0.6 is 23.2 Å². The Balaban J connectivity index is 1.40. The number of hydrogen-bond acceptors (Lipinski definition) is 5. The second kappa shape index (κ2) is 7.75. The number of fused-ring (bicyclic) bond motifs is 2. The van der Waals surface area contributed by atoms with Crippen LogP contribution in [-0.2, 0) is 19.7 Å². The maximum Gasteiger partial charge on any atom is 0.317 e. The maximum absolute atomic E-state index is 11.8. The van der Waals surface area contributed by atoms with Crippen LogP contribution in [0, 0.1) is 0 Å². The fourth-order valence-corrected chi connectivity index (χ4v) is 4.02. The molecule has 1 aromatic carbocycles. The van der Waals surface area contributed by atoms with Gasteiger partial charge in [0.25, 0.3) is 0 Å². The van der Waals surface area contributed by atoms with Crippen molar-refractivity contribution in [3.63, 3.8) is 0 Å². The van der Waals surface area contributed by atoms with Gasteiger partial charge in [0, 0.05) is 30.4 Å². The summed E-state index contributed by atoms with van der Waals surface area (Å²) in [6.07, 6.45) is 3.07. The van der Waals surface area contributed by atoms with E-state index in [0.29, 0.717) is 46.0 Å². The Morgan fingerprint density at radius 3 is 2.81 bits per heavy atom. The van der Waals surface area contributed by atoms with E-state index in [0.717, 1.165) is 22.3 Å². The van der Waals surface area contributed by atoms with Crippen LogP contribution in [0.3, 0.4) is 0 Å². The van der Waals surface area contributed by atoms with E-state index in [1.54, 1.807) is 11.9 Å². The number of amides is 2. The average molecular weight is 458 g/mol. The lowest BCUT2D eigenvalue weighted by Crippen LogP contribution is -2.34. The van der Waals surface area contributed by atoms with E-state index < -0.39 is 0 Å².